The van der Waals surface area contributed by atoms with E-state index in [0.717, 1.165) is 51.4 Å². The maximum atomic E-state index is 12.7. The second-order valence-corrected chi connectivity index (χ2v) is 16.4. The highest BCUT2D eigenvalue weighted by Crippen LogP contribution is 2.11. The van der Waals surface area contributed by atoms with Crippen molar-refractivity contribution in [3.63, 3.8) is 0 Å². The Bertz CT molecular complexity index is 1200. The monoisotopic (exact) mass is 849 g/mol. The van der Waals surface area contributed by atoms with Gasteiger partial charge in [0.15, 0.2) is 6.10 Å². The lowest BCUT2D eigenvalue weighted by Gasteiger charge is -2.18. The van der Waals surface area contributed by atoms with Crippen molar-refractivity contribution in [1.82, 2.24) is 0 Å². The highest BCUT2D eigenvalue weighted by atomic mass is 16.6. The predicted molar refractivity (Wildman–Crippen MR) is 261 cm³/mol. The Morgan fingerprint density at radius 1 is 0.328 bits per heavy atom. The van der Waals surface area contributed by atoms with Gasteiger partial charge < -0.3 is 14.2 Å². The molecule has 6 heteroatoms. The van der Waals surface area contributed by atoms with Gasteiger partial charge in [0, 0.05) is 19.3 Å². The van der Waals surface area contributed by atoms with Gasteiger partial charge in [-0.15, -0.1) is 0 Å². The first-order chi connectivity index (χ1) is 30.0. The van der Waals surface area contributed by atoms with E-state index in [1.807, 2.05) is 0 Å². The van der Waals surface area contributed by atoms with E-state index in [1.54, 1.807) is 0 Å². The van der Waals surface area contributed by atoms with Gasteiger partial charge in [-0.05, 0) is 103 Å². The maximum absolute atomic E-state index is 12.7. The summed E-state index contributed by atoms with van der Waals surface area (Å²) in [4.78, 5) is 37.8. The largest absolute Gasteiger partial charge is 0.462 e. The Labute approximate surface area is 375 Å². The molecule has 0 aliphatic heterocycles. The molecule has 1 atom stereocenters. The minimum Gasteiger partial charge on any atom is -0.462 e. The summed E-state index contributed by atoms with van der Waals surface area (Å²) in [6, 6.07) is 0. The number of ether oxygens (including phenoxy) is 3. The molecule has 0 spiro atoms. The van der Waals surface area contributed by atoms with Crippen LogP contribution in [0.15, 0.2) is 85.1 Å². The van der Waals surface area contributed by atoms with Crippen LogP contribution in [0.2, 0.25) is 0 Å². The quantitative estimate of drug-likeness (QED) is 0.0263. The van der Waals surface area contributed by atoms with Crippen molar-refractivity contribution in [3.8, 4) is 0 Å². The Morgan fingerprint density at radius 3 is 0.951 bits per heavy atom. The van der Waals surface area contributed by atoms with Crippen molar-refractivity contribution in [3.05, 3.63) is 85.1 Å². The third-order valence-electron chi connectivity index (χ3n) is 10.3. The SMILES string of the molecule is CCCCCC/C=C\CCCC(=O)OCC(COC(=O)CCC/C=C\C/C=C\C/C=C\CCCCCCCC)OC(=O)CCC/C=C\C/C=C\C/C=C\CCCCCCCC. The van der Waals surface area contributed by atoms with E-state index in [9.17, 15) is 14.4 Å². The van der Waals surface area contributed by atoms with Crippen LogP contribution in [-0.4, -0.2) is 37.2 Å². The summed E-state index contributed by atoms with van der Waals surface area (Å²) in [5.41, 5.74) is 0. The van der Waals surface area contributed by atoms with Crippen LogP contribution < -0.4 is 0 Å². The second kappa shape index (κ2) is 49.2. The fourth-order valence-electron chi connectivity index (χ4n) is 6.54. The third-order valence-corrected chi connectivity index (χ3v) is 10.3. The Balaban J connectivity index is 4.52. The number of unbranched alkanes of at least 4 members (excludes halogenated alkanes) is 19. The van der Waals surface area contributed by atoms with Gasteiger partial charge in [-0.3, -0.25) is 14.4 Å². The number of esters is 3. The van der Waals surface area contributed by atoms with E-state index in [0.29, 0.717) is 19.3 Å². The zero-order chi connectivity index (χ0) is 44.4. The van der Waals surface area contributed by atoms with E-state index in [2.05, 4.69) is 106 Å². The average Bonchev–Trinajstić information content (AvgIpc) is 3.26. The molecule has 0 rings (SSSR count). The van der Waals surface area contributed by atoms with Gasteiger partial charge in [-0.2, -0.15) is 0 Å². The van der Waals surface area contributed by atoms with Gasteiger partial charge in [-0.25, -0.2) is 0 Å². The molecule has 0 saturated carbocycles. The van der Waals surface area contributed by atoms with Gasteiger partial charge >= 0.3 is 17.9 Å². The van der Waals surface area contributed by atoms with Crippen LogP contribution in [0.25, 0.3) is 0 Å². The highest BCUT2D eigenvalue weighted by Gasteiger charge is 2.19. The molecule has 348 valence electrons. The fraction of sp³-hybridized carbons (Fsp3) is 0.691. The van der Waals surface area contributed by atoms with E-state index in [1.165, 1.54) is 116 Å². The Kier molecular flexibility index (Phi) is 46.5. The summed E-state index contributed by atoms with van der Waals surface area (Å²) in [7, 11) is 0. The molecule has 61 heavy (non-hydrogen) atoms. The molecule has 0 aromatic heterocycles. The summed E-state index contributed by atoms with van der Waals surface area (Å²) in [5.74, 6) is -1.07. The minimum absolute atomic E-state index is 0.128. The molecule has 0 amide bonds. The van der Waals surface area contributed by atoms with Crippen LogP contribution in [0.5, 0.6) is 0 Å². The smallest absolute Gasteiger partial charge is 0.306 e. The molecular weight excluding hydrogens is 757 g/mol. The first kappa shape index (κ1) is 57.6. The first-order valence-electron chi connectivity index (χ1n) is 25.1. The number of carbonyl (C=O) groups excluding carboxylic acids is 3. The molecule has 0 bridgehead atoms. The summed E-state index contributed by atoms with van der Waals surface area (Å²) < 4.78 is 16.6. The molecule has 0 aliphatic rings. The number of rotatable bonds is 44. The van der Waals surface area contributed by atoms with Gasteiger partial charge in [0.2, 0.25) is 0 Å². The van der Waals surface area contributed by atoms with E-state index < -0.39 is 6.10 Å². The molecule has 0 saturated heterocycles. The maximum Gasteiger partial charge on any atom is 0.306 e. The van der Waals surface area contributed by atoms with Crippen LogP contribution in [0.1, 0.15) is 226 Å². The van der Waals surface area contributed by atoms with Crippen molar-refractivity contribution >= 4 is 17.9 Å². The van der Waals surface area contributed by atoms with Crippen LogP contribution in [-0.2, 0) is 28.6 Å². The van der Waals surface area contributed by atoms with E-state index in [-0.39, 0.29) is 50.4 Å². The Hall–Kier alpha value is -3.41. The molecule has 0 aromatic carbocycles. The topological polar surface area (TPSA) is 78.9 Å². The predicted octanol–water partition coefficient (Wildman–Crippen LogP) is 16.4. The van der Waals surface area contributed by atoms with E-state index >= 15 is 0 Å². The summed E-state index contributed by atoms with van der Waals surface area (Å²) >= 11 is 0. The number of hydrogen-bond donors (Lipinski definition) is 0. The molecule has 1 unspecified atom stereocenters. The van der Waals surface area contributed by atoms with Crippen molar-refractivity contribution < 1.29 is 28.6 Å². The molecular formula is C55H92O6. The van der Waals surface area contributed by atoms with Crippen molar-refractivity contribution in [2.75, 3.05) is 13.2 Å². The van der Waals surface area contributed by atoms with Crippen LogP contribution >= 0.6 is 0 Å². The minimum atomic E-state index is -0.832. The second-order valence-electron chi connectivity index (χ2n) is 16.4. The molecule has 0 aromatic rings. The molecule has 0 N–H and O–H groups in total. The number of hydrogen-bond acceptors (Lipinski definition) is 6. The lowest BCUT2D eigenvalue weighted by molar-refractivity contribution is -0.166. The van der Waals surface area contributed by atoms with Gasteiger partial charge in [0.25, 0.3) is 0 Å². The average molecular weight is 849 g/mol. The Morgan fingerprint density at radius 2 is 0.590 bits per heavy atom. The molecule has 0 heterocycles. The van der Waals surface area contributed by atoms with Gasteiger partial charge in [0.05, 0.1) is 0 Å². The van der Waals surface area contributed by atoms with Crippen LogP contribution in [0.4, 0.5) is 0 Å². The zero-order valence-electron chi connectivity index (χ0n) is 39.7. The van der Waals surface area contributed by atoms with Crippen molar-refractivity contribution in [2.45, 2.75) is 232 Å². The lowest BCUT2D eigenvalue weighted by atomic mass is 10.1. The van der Waals surface area contributed by atoms with Crippen LogP contribution in [0, 0.1) is 0 Å². The zero-order valence-corrected chi connectivity index (χ0v) is 39.7. The normalized spacial score (nSPS) is 12.8. The molecule has 0 aliphatic carbocycles. The molecule has 0 radical (unpaired) electrons. The number of allylic oxidation sites excluding steroid dienone is 14. The number of carbonyl (C=O) groups is 3. The van der Waals surface area contributed by atoms with Gasteiger partial charge in [0.1, 0.15) is 13.2 Å². The lowest BCUT2D eigenvalue weighted by Crippen LogP contribution is -2.30. The fourth-order valence-corrected chi connectivity index (χ4v) is 6.54. The summed E-state index contributed by atoms with van der Waals surface area (Å²) in [6.45, 7) is 6.46. The molecule has 6 nitrogen and oxygen atoms in total. The third kappa shape index (κ3) is 47.5. The molecule has 0 fully saturated rings. The first-order valence-corrected chi connectivity index (χ1v) is 25.1. The standard InChI is InChI=1S/C55H92O6/c1-4-7-10-13-16-19-21-23-25-27-29-31-33-36-39-42-45-48-54(57)60-51-52(50-59-53(56)47-44-41-38-35-18-15-12-9-6-3)61-55(58)49-46-43-40-37-34-32-30-28-26-24-22-20-17-14-11-8-5-2/h23-26,29-32,35-40,52H,4-22,27-28,33-34,41-51H2,1-3H3/b25-23-,26-24-,31-29-,32-30-,38-35-,39-36-,40-37-. The highest BCUT2D eigenvalue weighted by molar-refractivity contribution is 5.71. The van der Waals surface area contributed by atoms with Crippen molar-refractivity contribution in [1.29, 1.82) is 0 Å². The van der Waals surface area contributed by atoms with Gasteiger partial charge in [-0.1, -0.05) is 189 Å². The summed E-state index contributed by atoms with van der Waals surface area (Å²) in [6.07, 6.45) is 63.1. The van der Waals surface area contributed by atoms with E-state index in [4.69, 9.17) is 14.2 Å². The van der Waals surface area contributed by atoms with Crippen LogP contribution in [0.3, 0.4) is 0 Å². The van der Waals surface area contributed by atoms with Crippen molar-refractivity contribution in [2.24, 2.45) is 0 Å². The summed E-state index contributed by atoms with van der Waals surface area (Å²) in [5, 5.41) is 0.